The highest BCUT2D eigenvalue weighted by Crippen LogP contribution is 2.14. The Kier molecular flexibility index (Phi) is 1.30. The molecule has 1 saturated carbocycles. The molecule has 1 rings (SSSR count). The number of aliphatic hydroxyl groups is 1. The van der Waals surface area contributed by atoms with Crippen molar-refractivity contribution in [2.75, 3.05) is 0 Å². The smallest absolute Gasteiger partial charge is 0.0869 e. The summed E-state index contributed by atoms with van der Waals surface area (Å²) in [5.41, 5.74) is 3.83. The van der Waals surface area contributed by atoms with Gasteiger partial charge >= 0.3 is 0 Å². The summed E-state index contributed by atoms with van der Waals surface area (Å²) in [5.74, 6) is 0. The van der Waals surface area contributed by atoms with E-state index < -0.39 is 0 Å². The first-order valence-electron chi connectivity index (χ1n) is 2.80. The second-order valence-electron chi connectivity index (χ2n) is 2.33. The molecule has 2 atom stereocenters. The Labute approximate surface area is 43.3 Å². The topological polar surface area (TPSA) is 47.9 Å². The van der Waals surface area contributed by atoms with E-state index in [-0.39, 0.29) is 6.10 Å². The summed E-state index contributed by atoms with van der Waals surface area (Å²) in [6, 6.07) is 0.523. The van der Waals surface area contributed by atoms with Crippen LogP contribution in [0.4, 0.5) is 0 Å². The van der Waals surface area contributed by atoms with Crippen molar-refractivity contribution in [1.29, 1.82) is 0 Å². The van der Waals surface area contributed by atoms with E-state index in [1.165, 1.54) is 0 Å². The third kappa shape index (κ3) is 1.14. The molecule has 1 aliphatic carbocycles. The molecule has 0 aromatic rings. The van der Waals surface area contributed by atoms with Gasteiger partial charge in [-0.2, -0.15) is 0 Å². The minimum atomic E-state index is -0.0394. The Balaban J connectivity index is 2.26. The maximum Gasteiger partial charge on any atom is 0.0869 e. The van der Waals surface area contributed by atoms with Crippen LogP contribution in [0.1, 0.15) is 19.3 Å². The van der Waals surface area contributed by atoms with Crippen LogP contribution >= 0.6 is 0 Å². The van der Waals surface area contributed by atoms with Crippen molar-refractivity contribution in [2.24, 2.45) is 0 Å². The SMILES string of the molecule is [NH3+]C1CC[C@@H](O)C1. The van der Waals surface area contributed by atoms with Gasteiger partial charge in [0.15, 0.2) is 0 Å². The lowest BCUT2D eigenvalue weighted by atomic mass is 10.3. The van der Waals surface area contributed by atoms with E-state index in [2.05, 4.69) is 5.73 Å². The Morgan fingerprint density at radius 3 is 2.29 bits per heavy atom. The van der Waals surface area contributed by atoms with E-state index in [4.69, 9.17) is 5.11 Å². The zero-order valence-electron chi connectivity index (χ0n) is 4.43. The minimum Gasteiger partial charge on any atom is -0.393 e. The lowest BCUT2D eigenvalue weighted by Gasteiger charge is -1.93. The number of quaternary nitrogens is 1. The van der Waals surface area contributed by atoms with Crippen LogP contribution in [0.5, 0.6) is 0 Å². The van der Waals surface area contributed by atoms with Gasteiger partial charge in [0.1, 0.15) is 0 Å². The second kappa shape index (κ2) is 1.80. The first-order chi connectivity index (χ1) is 3.29. The van der Waals surface area contributed by atoms with E-state index in [1.807, 2.05) is 0 Å². The maximum atomic E-state index is 8.86. The standard InChI is InChI=1S/C5H11NO/c6-4-1-2-5(7)3-4/h4-5,7H,1-3,6H2/p+1/t4?,5-/m1/s1. The minimum absolute atomic E-state index is 0.0394. The fourth-order valence-electron chi connectivity index (χ4n) is 1.05. The molecule has 0 bridgehead atoms. The predicted octanol–water partition coefficient (Wildman–Crippen LogP) is -0.858. The summed E-state index contributed by atoms with van der Waals surface area (Å²) in [7, 11) is 0. The molecule has 0 heterocycles. The Hall–Kier alpha value is -0.0800. The van der Waals surface area contributed by atoms with Crippen LogP contribution in [0, 0.1) is 0 Å². The van der Waals surface area contributed by atoms with E-state index in [1.54, 1.807) is 0 Å². The van der Waals surface area contributed by atoms with Crippen molar-refractivity contribution in [3.05, 3.63) is 0 Å². The fourth-order valence-corrected chi connectivity index (χ4v) is 1.05. The lowest BCUT2D eigenvalue weighted by Crippen LogP contribution is -2.59. The van der Waals surface area contributed by atoms with Crippen LogP contribution in [0.3, 0.4) is 0 Å². The number of aliphatic hydroxyl groups excluding tert-OH is 1. The Bertz CT molecular complexity index is 57.1. The first-order valence-corrected chi connectivity index (χ1v) is 2.80. The van der Waals surface area contributed by atoms with Crippen LogP contribution in [-0.4, -0.2) is 17.3 Å². The van der Waals surface area contributed by atoms with E-state index in [9.17, 15) is 0 Å². The molecule has 0 spiro atoms. The molecule has 0 saturated heterocycles. The van der Waals surface area contributed by atoms with Gasteiger partial charge in [-0.05, 0) is 6.42 Å². The third-order valence-electron chi connectivity index (χ3n) is 1.51. The molecular formula is C5H12NO+. The normalized spacial score (nSPS) is 42.0. The summed E-state index contributed by atoms with van der Waals surface area (Å²) in [5, 5.41) is 8.86. The molecular weight excluding hydrogens is 90.1 g/mol. The number of hydrogen-bond acceptors (Lipinski definition) is 1. The number of rotatable bonds is 0. The summed E-state index contributed by atoms with van der Waals surface area (Å²) in [4.78, 5) is 0. The molecule has 42 valence electrons. The molecule has 7 heavy (non-hydrogen) atoms. The van der Waals surface area contributed by atoms with E-state index in [0.29, 0.717) is 6.04 Å². The third-order valence-corrected chi connectivity index (χ3v) is 1.51. The monoisotopic (exact) mass is 102 g/mol. The molecule has 0 radical (unpaired) electrons. The molecule has 0 amide bonds. The Morgan fingerprint density at radius 2 is 2.14 bits per heavy atom. The average Bonchev–Trinajstić information content (AvgIpc) is 1.87. The lowest BCUT2D eigenvalue weighted by molar-refractivity contribution is -0.418. The van der Waals surface area contributed by atoms with Gasteiger partial charge in [0.25, 0.3) is 0 Å². The van der Waals surface area contributed by atoms with Crippen LogP contribution in [0.15, 0.2) is 0 Å². The van der Waals surface area contributed by atoms with Crippen LogP contribution in [0.2, 0.25) is 0 Å². The van der Waals surface area contributed by atoms with Gasteiger partial charge in [0, 0.05) is 12.8 Å². The van der Waals surface area contributed by atoms with Crippen molar-refractivity contribution in [2.45, 2.75) is 31.4 Å². The van der Waals surface area contributed by atoms with Gasteiger partial charge in [-0.3, -0.25) is 0 Å². The van der Waals surface area contributed by atoms with Gasteiger partial charge < -0.3 is 10.8 Å². The first kappa shape index (κ1) is 5.06. The van der Waals surface area contributed by atoms with Gasteiger partial charge in [0.05, 0.1) is 12.1 Å². The van der Waals surface area contributed by atoms with Crippen molar-refractivity contribution in [3.8, 4) is 0 Å². The molecule has 0 aromatic heterocycles. The average molecular weight is 102 g/mol. The predicted molar refractivity (Wildman–Crippen MR) is 26.5 cm³/mol. The van der Waals surface area contributed by atoms with Crippen molar-refractivity contribution >= 4 is 0 Å². The highest BCUT2D eigenvalue weighted by atomic mass is 16.3. The van der Waals surface area contributed by atoms with Gasteiger partial charge in [0.2, 0.25) is 0 Å². The van der Waals surface area contributed by atoms with Crippen LogP contribution in [-0.2, 0) is 0 Å². The second-order valence-corrected chi connectivity index (χ2v) is 2.33. The molecule has 2 heteroatoms. The van der Waals surface area contributed by atoms with Crippen LogP contribution in [0.25, 0.3) is 0 Å². The Morgan fingerprint density at radius 1 is 1.43 bits per heavy atom. The van der Waals surface area contributed by atoms with Crippen molar-refractivity contribution in [3.63, 3.8) is 0 Å². The van der Waals surface area contributed by atoms with Gasteiger partial charge in [-0.15, -0.1) is 0 Å². The molecule has 0 aliphatic heterocycles. The highest BCUT2D eigenvalue weighted by molar-refractivity contribution is 4.71. The van der Waals surface area contributed by atoms with Crippen LogP contribution < -0.4 is 5.73 Å². The zero-order valence-corrected chi connectivity index (χ0v) is 4.43. The molecule has 1 fully saturated rings. The quantitative estimate of drug-likeness (QED) is 0.411. The zero-order chi connectivity index (χ0) is 5.28. The fraction of sp³-hybridized carbons (Fsp3) is 1.00. The summed E-state index contributed by atoms with van der Waals surface area (Å²) < 4.78 is 0. The van der Waals surface area contributed by atoms with Gasteiger partial charge in [-0.1, -0.05) is 0 Å². The van der Waals surface area contributed by atoms with Gasteiger partial charge in [-0.25, -0.2) is 0 Å². The largest absolute Gasteiger partial charge is 0.393 e. The maximum absolute atomic E-state index is 8.86. The molecule has 0 aromatic carbocycles. The summed E-state index contributed by atoms with van der Waals surface area (Å²) in [6.07, 6.45) is 2.96. The molecule has 1 aliphatic rings. The summed E-state index contributed by atoms with van der Waals surface area (Å²) >= 11 is 0. The highest BCUT2D eigenvalue weighted by Gasteiger charge is 2.21. The molecule has 4 N–H and O–H groups in total. The molecule has 1 unspecified atom stereocenters. The van der Waals surface area contributed by atoms with Crippen molar-refractivity contribution < 1.29 is 10.8 Å². The van der Waals surface area contributed by atoms with Crippen molar-refractivity contribution in [1.82, 2.24) is 0 Å². The molecule has 2 nitrogen and oxygen atoms in total. The number of hydrogen-bond donors (Lipinski definition) is 2. The summed E-state index contributed by atoms with van der Waals surface area (Å²) in [6.45, 7) is 0. The van der Waals surface area contributed by atoms with E-state index in [0.717, 1.165) is 19.3 Å². The van der Waals surface area contributed by atoms with E-state index >= 15 is 0 Å².